The van der Waals surface area contributed by atoms with Gasteiger partial charge < -0.3 is 16.0 Å². The number of aromatic amines is 1. The van der Waals surface area contributed by atoms with Crippen LogP contribution in [0.5, 0.6) is 0 Å². The number of hydrogen-bond acceptors (Lipinski definition) is 4. The number of nitrogens with one attached hydrogen (secondary N) is 2. The van der Waals surface area contributed by atoms with Crippen molar-refractivity contribution in [3.8, 4) is 0 Å². The zero-order valence-electron chi connectivity index (χ0n) is 10.4. The van der Waals surface area contributed by atoms with Crippen LogP contribution in [0.2, 0.25) is 0 Å². The Balaban J connectivity index is 1.75. The topological polar surface area (TPSA) is 66.7 Å². The fourth-order valence-electron chi connectivity index (χ4n) is 2.57. The maximum absolute atomic E-state index is 5.76. The number of fused-ring (bicyclic) bond motifs is 1. The number of nitrogens with zero attached hydrogens (tertiary/aromatic N) is 1. The van der Waals surface area contributed by atoms with E-state index in [4.69, 9.17) is 5.73 Å². The SMILES string of the molecule is CSC1CCC(Nc2nc3ccc(N)cc3[nH]2)C1. The molecular weight excluding hydrogens is 244 g/mol. The molecule has 18 heavy (non-hydrogen) atoms. The summed E-state index contributed by atoms with van der Waals surface area (Å²) in [6.45, 7) is 0. The second-order valence-electron chi connectivity index (χ2n) is 4.87. The first-order valence-electron chi connectivity index (χ1n) is 6.29. The lowest BCUT2D eigenvalue weighted by Crippen LogP contribution is -2.16. The predicted octanol–water partition coefficient (Wildman–Crippen LogP) is 2.84. The number of anilines is 2. The molecule has 0 radical (unpaired) electrons. The Labute approximate surface area is 111 Å². The minimum atomic E-state index is 0.542. The summed E-state index contributed by atoms with van der Waals surface area (Å²) in [6.07, 6.45) is 5.94. The first-order chi connectivity index (χ1) is 8.74. The lowest BCUT2D eigenvalue weighted by Gasteiger charge is -2.11. The van der Waals surface area contributed by atoms with Gasteiger partial charge in [0.2, 0.25) is 5.95 Å². The molecule has 0 aliphatic heterocycles. The average molecular weight is 262 g/mol. The van der Waals surface area contributed by atoms with Gasteiger partial charge in [-0.05, 0) is 43.7 Å². The van der Waals surface area contributed by atoms with Gasteiger partial charge in [0.25, 0.3) is 0 Å². The van der Waals surface area contributed by atoms with Gasteiger partial charge in [-0.15, -0.1) is 0 Å². The van der Waals surface area contributed by atoms with E-state index >= 15 is 0 Å². The highest BCUT2D eigenvalue weighted by molar-refractivity contribution is 7.99. The van der Waals surface area contributed by atoms with Crippen molar-refractivity contribution in [3.63, 3.8) is 0 Å². The Morgan fingerprint density at radius 1 is 1.44 bits per heavy atom. The third kappa shape index (κ3) is 2.27. The Morgan fingerprint density at radius 2 is 2.33 bits per heavy atom. The summed E-state index contributed by atoms with van der Waals surface area (Å²) in [7, 11) is 0. The van der Waals surface area contributed by atoms with Crippen LogP contribution in [0, 0.1) is 0 Å². The van der Waals surface area contributed by atoms with E-state index in [9.17, 15) is 0 Å². The number of rotatable bonds is 3. The van der Waals surface area contributed by atoms with Crippen molar-refractivity contribution < 1.29 is 0 Å². The molecule has 4 nitrogen and oxygen atoms in total. The highest BCUT2D eigenvalue weighted by Crippen LogP contribution is 2.30. The number of imidazole rings is 1. The Morgan fingerprint density at radius 3 is 3.11 bits per heavy atom. The van der Waals surface area contributed by atoms with E-state index in [1.54, 1.807) is 0 Å². The zero-order valence-corrected chi connectivity index (χ0v) is 11.3. The van der Waals surface area contributed by atoms with Crippen molar-refractivity contribution >= 4 is 34.4 Å². The van der Waals surface area contributed by atoms with Crippen molar-refractivity contribution in [3.05, 3.63) is 18.2 Å². The fraction of sp³-hybridized carbons (Fsp3) is 0.462. The Hall–Kier alpha value is -1.36. The van der Waals surface area contributed by atoms with E-state index in [1.807, 2.05) is 30.0 Å². The molecule has 96 valence electrons. The summed E-state index contributed by atoms with van der Waals surface area (Å²) in [5.41, 5.74) is 8.49. The van der Waals surface area contributed by atoms with Crippen LogP contribution in [0.4, 0.5) is 11.6 Å². The molecule has 1 saturated carbocycles. The summed E-state index contributed by atoms with van der Waals surface area (Å²) < 4.78 is 0. The first kappa shape index (κ1) is 11.7. The maximum Gasteiger partial charge on any atom is 0.201 e. The molecule has 1 aliphatic rings. The standard InChI is InChI=1S/C13H18N4S/c1-18-10-4-3-9(7-10)15-13-16-11-5-2-8(14)6-12(11)17-13/h2,5-6,9-10H,3-4,7,14H2,1H3,(H2,15,16,17). The second kappa shape index (κ2) is 4.72. The fourth-order valence-corrected chi connectivity index (χ4v) is 3.37. The van der Waals surface area contributed by atoms with Gasteiger partial charge in [-0.1, -0.05) is 0 Å². The lowest BCUT2D eigenvalue weighted by molar-refractivity contribution is 0.749. The van der Waals surface area contributed by atoms with Crippen LogP contribution in [-0.2, 0) is 0 Å². The molecule has 5 heteroatoms. The molecule has 2 atom stereocenters. The van der Waals surface area contributed by atoms with Crippen LogP contribution < -0.4 is 11.1 Å². The van der Waals surface area contributed by atoms with Gasteiger partial charge in [-0.2, -0.15) is 11.8 Å². The van der Waals surface area contributed by atoms with Gasteiger partial charge >= 0.3 is 0 Å². The predicted molar refractivity (Wildman–Crippen MR) is 79.1 cm³/mol. The number of hydrogen-bond donors (Lipinski definition) is 3. The number of nitrogen functional groups attached to an aromatic ring is 1. The van der Waals surface area contributed by atoms with E-state index < -0.39 is 0 Å². The molecule has 1 fully saturated rings. The Kier molecular flexibility index (Phi) is 3.07. The van der Waals surface area contributed by atoms with Crippen molar-refractivity contribution in [1.29, 1.82) is 0 Å². The molecule has 0 bridgehead atoms. The zero-order chi connectivity index (χ0) is 12.5. The highest BCUT2D eigenvalue weighted by Gasteiger charge is 2.24. The summed E-state index contributed by atoms with van der Waals surface area (Å²) in [5.74, 6) is 0.863. The molecule has 0 saturated heterocycles. The maximum atomic E-state index is 5.76. The van der Waals surface area contributed by atoms with Crippen molar-refractivity contribution in [2.75, 3.05) is 17.3 Å². The normalized spacial score (nSPS) is 23.6. The molecule has 2 aromatic rings. The molecule has 3 rings (SSSR count). The monoisotopic (exact) mass is 262 g/mol. The van der Waals surface area contributed by atoms with E-state index in [1.165, 1.54) is 19.3 Å². The minimum Gasteiger partial charge on any atom is -0.399 e. The molecular formula is C13H18N4S. The van der Waals surface area contributed by atoms with E-state index in [-0.39, 0.29) is 0 Å². The number of aromatic nitrogens is 2. The van der Waals surface area contributed by atoms with Gasteiger partial charge in [0.05, 0.1) is 11.0 Å². The summed E-state index contributed by atoms with van der Waals surface area (Å²) in [6, 6.07) is 6.30. The van der Waals surface area contributed by atoms with Crippen molar-refractivity contribution in [2.45, 2.75) is 30.6 Å². The number of nitrogens with two attached hydrogens (primary N) is 1. The third-order valence-electron chi connectivity index (χ3n) is 3.56. The summed E-state index contributed by atoms with van der Waals surface area (Å²) >= 11 is 1.97. The van der Waals surface area contributed by atoms with Crippen LogP contribution in [0.25, 0.3) is 11.0 Å². The smallest absolute Gasteiger partial charge is 0.201 e. The molecule has 1 aliphatic carbocycles. The molecule has 1 heterocycles. The summed E-state index contributed by atoms with van der Waals surface area (Å²) in [4.78, 5) is 7.83. The number of thioether (sulfide) groups is 1. The van der Waals surface area contributed by atoms with Gasteiger partial charge in [0.15, 0.2) is 0 Å². The van der Waals surface area contributed by atoms with Crippen LogP contribution in [-0.4, -0.2) is 27.5 Å². The van der Waals surface area contributed by atoms with Crippen LogP contribution >= 0.6 is 11.8 Å². The third-order valence-corrected chi connectivity index (χ3v) is 4.66. The van der Waals surface area contributed by atoms with Gasteiger partial charge in [0.1, 0.15) is 0 Å². The van der Waals surface area contributed by atoms with Gasteiger partial charge in [0, 0.05) is 17.0 Å². The first-order valence-corrected chi connectivity index (χ1v) is 7.58. The quantitative estimate of drug-likeness (QED) is 0.744. The molecule has 0 spiro atoms. The Bertz CT molecular complexity index is 551. The van der Waals surface area contributed by atoms with Crippen molar-refractivity contribution in [2.24, 2.45) is 0 Å². The van der Waals surface area contributed by atoms with E-state index in [0.29, 0.717) is 6.04 Å². The second-order valence-corrected chi connectivity index (χ2v) is 6.01. The molecule has 0 amide bonds. The van der Waals surface area contributed by atoms with Crippen LogP contribution in [0.1, 0.15) is 19.3 Å². The molecule has 4 N–H and O–H groups in total. The number of benzene rings is 1. The molecule has 1 aromatic heterocycles. The highest BCUT2D eigenvalue weighted by atomic mass is 32.2. The van der Waals surface area contributed by atoms with E-state index in [0.717, 1.165) is 27.9 Å². The summed E-state index contributed by atoms with van der Waals surface area (Å²) in [5, 5.41) is 4.29. The van der Waals surface area contributed by atoms with Crippen LogP contribution in [0.3, 0.4) is 0 Å². The minimum absolute atomic E-state index is 0.542. The van der Waals surface area contributed by atoms with Crippen LogP contribution in [0.15, 0.2) is 18.2 Å². The van der Waals surface area contributed by atoms with Gasteiger partial charge in [-0.3, -0.25) is 0 Å². The van der Waals surface area contributed by atoms with Gasteiger partial charge in [-0.25, -0.2) is 4.98 Å². The lowest BCUT2D eigenvalue weighted by atomic mass is 10.2. The van der Waals surface area contributed by atoms with E-state index in [2.05, 4.69) is 21.5 Å². The molecule has 2 unspecified atom stereocenters. The number of H-pyrrole nitrogens is 1. The average Bonchev–Trinajstić information content (AvgIpc) is 2.95. The largest absolute Gasteiger partial charge is 0.399 e. The molecule has 1 aromatic carbocycles. The van der Waals surface area contributed by atoms with Crippen molar-refractivity contribution in [1.82, 2.24) is 9.97 Å².